The number of nitrogens with zero attached hydrogens (tertiary/aromatic N) is 2. The van der Waals surface area contributed by atoms with E-state index in [1.54, 1.807) is 72.6 Å². The number of nitro groups is 1. The molecule has 0 bridgehead atoms. The summed E-state index contributed by atoms with van der Waals surface area (Å²) in [6.07, 6.45) is 0. The molecular formula is C25H22FN3O4. The van der Waals surface area contributed by atoms with Gasteiger partial charge in [-0.3, -0.25) is 19.8 Å². The maximum atomic E-state index is 13.6. The SMILES string of the molecule is CN1C[C@H](c2ccccc2OCc2cccc(F)c2)[C@H]([N+](=O)[O-])[C@]12C(=O)Nc1ccccc12. The zero-order valence-electron chi connectivity index (χ0n) is 17.9. The van der Waals surface area contributed by atoms with Crippen LogP contribution in [0.4, 0.5) is 10.1 Å². The van der Waals surface area contributed by atoms with Gasteiger partial charge in [0.1, 0.15) is 18.2 Å². The number of anilines is 1. The van der Waals surface area contributed by atoms with Gasteiger partial charge in [0.25, 0.3) is 11.9 Å². The first-order valence-electron chi connectivity index (χ1n) is 10.6. The molecule has 8 heteroatoms. The van der Waals surface area contributed by atoms with Crippen LogP contribution in [0.25, 0.3) is 0 Å². The largest absolute Gasteiger partial charge is 0.489 e. The summed E-state index contributed by atoms with van der Waals surface area (Å²) in [4.78, 5) is 27.2. The first-order valence-corrected chi connectivity index (χ1v) is 10.6. The Kier molecular flexibility index (Phi) is 5.09. The Morgan fingerprint density at radius 3 is 2.70 bits per heavy atom. The number of para-hydroxylation sites is 2. The summed E-state index contributed by atoms with van der Waals surface area (Å²) in [6, 6.07) is 19.1. The predicted molar refractivity (Wildman–Crippen MR) is 120 cm³/mol. The van der Waals surface area contributed by atoms with Gasteiger partial charge < -0.3 is 10.1 Å². The Morgan fingerprint density at radius 2 is 1.91 bits per heavy atom. The van der Waals surface area contributed by atoms with Gasteiger partial charge in [0.05, 0.1) is 5.92 Å². The number of carbonyl (C=O) groups excluding carboxylic acids is 1. The van der Waals surface area contributed by atoms with Crippen LogP contribution in [0.15, 0.2) is 72.8 Å². The van der Waals surface area contributed by atoms with Crippen LogP contribution >= 0.6 is 0 Å². The molecule has 33 heavy (non-hydrogen) atoms. The smallest absolute Gasteiger partial charge is 0.256 e. The van der Waals surface area contributed by atoms with E-state index in [-0.39, 0.29) is 17.3 Å². The summed E-state index contributed by atoms with van der Waals surface area (Å²) in [6.45, 7) is 0.419. The van der Waals surface area contributed by atoms with Crippen molar-refractivity contribution in [1.29, 1.82) is 0 Å². The maximum absolute atomic E-state index is 13.6. The van der Waals surface area contributed by atoms with Crippen LogP contribution < -0.4 is 10.1 Å². The molecule has 0 radical (unpaired) electrons. The van der Waals surface area contributed by atoms with Crippen molar-refractivity contribution in [1.82, 2.24) is 4.90 Å². The van der Waals surface area contributed by atoms with Gasteiger partial charge in [0, 0.05) is 28.3 Å². The molecule has 1 saturated heterocycles. The minimum Gasteiger partial charge on any atom is -0.489 e. The van der Waals surface area contributed by atoms with E-state index in [0.717, 1.165) is 0 Å². The van der Waals surface area contributed by atoms with E-state index in [9.17, 15) is 19.3 Å². The molecule has 0 aliphatic carbocycles. The van der Waals surface area contributed by atoms with Crippen LogP contribution in [0, 0.1) is 15.9 Å². The van der Waals surface area contributed by atoms with Crippen LogP contribution in [-0.2, 0) is 16.9 Å². The van der Waals surface area contributed by atoms with E-state index in [1.165, 1.54) is 12.1 Å². The number of likely N-dealkylation sites (N-methyl/N-ethyl adjacent to an activating group) is 1. The van der Waals surface area contributed by atoms with Gasteiger partial charge in [0.2, 0.25) is 0 Å². The number of likely N-dealkylation sites (tertiary alicyclic amines) is 1. The number of hydrogen-bond donors (Lipinski definition) is 1. The fraction of sp³-hybridized carbons (Fsp3) is 0.240. The molecule has 3 aromatic carbocycles. The number of nitrogens with one attached hydrogen (secondary N) is 1. The van der Waals surface area contributed by atoms with E-state index in [4.69, 9.17) is 4.74 Å². The quantitative estimate of drug-likeness (QED) is 0.473. The summed E-state index contributed by atoms with van der Waals surface area (Å²) < 4.78 is 19.5. The Hall–Kier alpha value is -3.78. The molecule has 1 fully saturated rings. The number of benzene rings is 3. The Balaban J connectivity index is 1.55. The Bertz CT molecular complexity index is 1250. The molecule has 1 spiro atoms. The second-order valence-corrected chi connectivity index (χ2v) is 8.44. The molecular weight excluding hydrogens is 425 g/mol. The molecule has 0 saturated carbocycles. The first-order chi connectivity index (χ1) is 15.9. The first kappa shape index (κ1) is 21.1. The minimum atomic E-state index is -1.42. The van der Waals surface area contributed by atoms with E-state index in [0.29, 0.717) is 34.7 Å². The minimum absolute atomic E-state index is 0.120. The second kappa shape index (κ2) is 7.97. The molecule has 2 aliphatic heterocycles. The zero-order valence-corrected chi connectivity index (χ0v) is 17.9. The van der Waals surface area contributed by atoms with Crippen LogP contribution in [0.5, 0.6) is 5.75 Å². The summed E-state index contributed by atoms with van der Waals surface area (Å²) in [7, 11) is 1.74. The second-order valence-electron chi connectivity index (χ2n) is 8.44. The molecule has 1 N–H and O–H groups in total. The number of amides is 1. The maximum Gasteiger partial charge on any atom is 0.256 e. The van der Waals surface area contributed by atoms with E-state index >= 15 is 0 Å². The molecule has 7 nitrogen and oxygen atoms in total. The lowest BCUT2D eigenvalue weighted by atomic mass is 9.79. The molecule has 3 aromatic rings. The van der Waals surface area contributed by atoms with Gasteiger partial charge >= 0.3 is 0 Å². The number of hydrogen-bond acceptors (Lipinski definition) is 5. The molecule has 2 aliphatic rings. The van der Waals surface area contributed by atoms with Gasteiger partial charge in [-0.2, -0.15) is 0 Å². The van der Waals surface area contributed by atoms with Crippen molar-refractivity contribution >= 4 is 11.6 Å². The van der Waals surface area contributed by atoms with E-state index < -0.39 is 23.4 Å². The number of carbonyl (C=O) groups is 1. The summed E-state index contributed by atoms with van der Waals surface area (Å²) in [5.74, 6) is -0.863. The number of ether oxygens (including phenoxy) is 1. The third kappa shape index (κ3) is 3.25. The lowest BCUT2D eigenvalue weighted by Gasteiger charge is -2.30. The normalized spacial score (nSPS) is 24.0. The molecule has 3 atom stereocenters. The van der Waals surface area contributed by atoms with Crippen LogP contribution in [-0.4, -0.2) is 35.4 Å². The van der Waals surface area contributed by atoms with Crippen LogP contribution in [0.2, 0.25) is 0 Å². The standard InChI is InChI=1S/C25H22FN3O4/c1-28-14-19(18-9-2-5-12-22(18)33-15-16-7-6-8-17(26)13-16)23(29(31)32)25(28)20-10-3-4-11-21(20)27-24(25)30/h2-13,19,23H,14-15H2,1H3,(H,27,30)/t19-,23+,25-/m1/s1. The third-order valence-electron chi connectivity index (χ3n) is 6.64. The topological polar surface area (TPSA) is 84.7 Å². The summed E-state index contributed by atoms with van der Waals surface area (Å²) in [5.41, 5.74) is 1.09. The Morgan fingerprint density at radius 1 is 1.15 bits per heavy atom. The van der Waals surface area contributed by atoms with Gasteiger partial charge in [-0.15, -0.1) is 0 Å². The lowest BCUT2D eigenvalue weighted by molar-refractivity contribution is -0.534. The van der Waals surface area contributed by atoms with E-state index in [1.807, 2.05) is 0 Å². The highest BCUT2D eigenvalue weighted by Crippen LogP contribution is 2.52. The third-order valence-corrected chi connectivity index (χ3v) is 6.64. The van der Waals surface area contributed by atoms with Gasteiger partial charge in [-0.1, -0.05) is 48.5 Å². The molecule has 2 heterocycles. The average Bonchev–Trinajstić information content (AvgIpc) is 3.28. The van der Waals surface area contributed by atoms with Crippen molar-refractivity contribution in [2.45, 2.75) is 24.1 Å². The Labute approximate surface area is 189 Å². The lowest BCUT2D eigenvalue weighted by Crippen LogP contribution is -2.54. The number of rotatable bonds is 5. The van der Waals surface area contributed by atoms with Crippen molar-refractivity contribution in [3.63, 3.8) is 0 Å². The fourth-order valence-electron chi connectivity index (χ4n) is 5.27. The highest BCUT2D eigenvalue weighted by Gasteiger charge is 2.68. The summed E-state index contributed by atoms with van der Waals surface area (Å²) in [5, 5.41) is 15.3. The van der Waals surface area contributed by atoms with Gasteiger partial charge in [-0.05, 0) is 36.9 Å². The van der Waals surface area contributed by atoms with Gasteiger partial charge in [-0.25, -0.2) is 4.39 Å². The van der Waals surface area contributed by atoms with Crippen molar-refractivity contribution in [3.8, 4) is 5.75 Å². The number of fused-ring (bicyclic) bond motifs is 2. The fourth-order valence-corrected chi connectivity index (χ4v) is 5.27. The monoisotopic (exact) mass is 447 g/mol. The summed E-state index contributed by atoms with van der Waals surface area (Å²) >= 11 is 0. The molecule has 5 rings (SSSR count). The van der Waals surface area contributed by atoms with Crippen molar-refractivity contribution in [2.75, 3.05) is 18.9 Å². The van der Waals surface area contributed by atoms with Crippen molar-refractivity contribution < 1.29 is 18.8 Å². The van der Waals surface area contributed by atoms with Gasteiger partial charge in [0.15, 0.2) is 5.54 Å². The highest BCUT2D eigenvalue weighted by molar-refractivity contribution is 6.06. The number of halogens is 1. The molecule has 0 aromatic heterocycles. The highest BCUT2D eigenvalue weighted by atomic mass is 19.1. The van der Waals surface area contributed by atoms with Crippen molar-refractivity contribution in [3.05, 3.63) is 105 Å². The van der Waals surface area contributed by atoms with Crippen LogP contribution in [0.1, 0.15) is 22.6 Å². The zero-order chi connectivity index (χ0) is 23.2. The molecule has 0 unspecified atom stereocenters. The van der Waals surface area contributed by atoms with E-state index in [2.05, 4.69) is 5.32 Å². The average molecular weight is 447 g/mol. The van der Waals surface area contributed by atoms with Crippen molar-refractivity contribution in [2.24, 2.45) is 0 Å². The molecule has 168 valence electrons. The predicted octanol–water partition coefficient (Wildman–Crippen LogP) is 3.93. The molecule has 1 amide bonds. The van der Waals surface area contributed by atoms with Crippen LogP contribution in [0.3, 0.4) is 0 Å².